The van der Waals surface area contributed by atoms with Gasteiger partial charge in [-0.1, -0.05) is 30.3 Å². The number of ether oxygens (including phenoxy) is 2. The van der Waals surface area contributed by atoms with E-state index in [1.54, 1.807) is 24.3 Å². The average molecular weight is 678 g/mol. The van der Waals surface area contributed by atoms with Crippen LogP contribution < -0.4 is 15.2 Å². The van der Waals surface area contributed by atoms with Crippen molar-refractivity contribution in [2.45, 2.75) is 44.6 Å². The minimum atomic E-state index is -0.167. The number of aliphatic imine (C=N–C) groups is 1. The van der Waals surface area contributed by atoms with E-state index in [-0.39, 0.29) is 55.1 Å². The highest BCUT2D eigenvalue weighted by atomic mass is 35.5. The molecule has 1 amide bonds. The SMILES string of the molecule is COc1cc2c(cc1OCCC(=O)Cc1ccc3oc(C(=O)Cc4cc(N)c5ccccc5c4CCCl)cc3c1)N=C[C@@H]1CCCN1C2=O. The van der Waals surface area contributed by atoms with Crippen LogP contribution in [0.4, 0.5) is 11.4 Å². The second kappa shape index (κ2) is 13.8. The number of furan rings is 1. The highest BCUT2D eigenvalue weighted by Crippen LogP contribution is 2.38. The number of fused-ring (bicyclic) bond motifs is 4. The number of alkyl halides is 1. The first kappa shape index (κ1) is 32.4. The van der Waals surface area contributed by atoms with Crippen LogP contribution in [0.1, 0.15) is 56.9 Å². The molecule has 0 bridgehead atoms. The Morgan fingerprint density at radius 1 is 1.04 bits per heavy atom. The van der Waals surface area contributed by atoms with Gasteiger partial charge in [0.15, 0.2) is 17.3 Å². The van der Waals surface area contributed by atoms with E-state index in [4.69, 9.17) is 31.2 Å². The summed E-state index contributed by atoms with van der Waals surface area (Å²) in [6, 6.07) is 20.3. The first-order valence-electron chi connectivity index (χ1n) is 16.4. The number of nitrogens with zero attached hydrogens (tertiary/aromatic N) is 2. The summed E-state index contributed by atoms with van der Waals surface area (Å²) >= 11 is 6.13. The summed E-state index contributed by atoms with van der Waals surface area (Å²) in [5, 5.41) is 2.69. The van der Waals surface area contributed by atoms with Gasteiger partial charge in [-0.25, -0.2) is 0 Å². The van der Waals surface area contributed by atoms with Crippen LogP contribution in [-0.2, 0) is 24.1 Å². The highest BCUT2D eigenvalue weighted by Gasteiger charge is 2.32. The fourth-order valence-corrected chi connectivity index (χ4v) is 7.07. The van der Waals surface area contributed by atoms with Gasteiger partial charge in [0.05, 0.1) is 31.0 Å². The van der Waals surface area contributed by atoms with Crippen molar-refractivity contribution in [1.29, 1.82) is 0 Å². The average Bonchev–Trinajstić information content (AvgIpc) is 3.73. The normalized spacial score (nSPS) is 15.3. The van der Waals surface area contributed by atoms with E-state index in [0.29, 0.717) is 52.9 Å². The number of hydrogen-bond donors (Lipinski definition) is 1. The molecule has 10 heteroatoms. The van der Waals surface area contributed by atoms with Crippen LogP contribution in [0, 0.1) is 0 Å². The summed E-state index contributed by atoms with van der Waals surface area (Å²) in [6.45, 7) is 0.848. The Kier molecular flexibility index (Phi) is 9.10. The van der Waals surface area contributed by atoms with E-state index >= 15 is 0 Å². The molecule has 0 spiro atoms. The van der Waals surface area contributed by atoms with Crippen LogP contribution in [0.2, 0.25) is 0 Å². The molecule has 1 atom stereocenters. The summed E-state index contributed by atoms with van der Waals surface area (Å²) in [5.74, 6) is 1.28. The van der Waals surface area contributed by atoms with Crippen molar-refractivity contribution in [1.82, 2.24) is 4.90 Å². The maximum atomic E-state index is 13.4. The van der Waals surface area contributed by atoms with E-state index in [0.717, 1.165) is 45.7 Å². The Bertz CT molecular complexity index is 2140. The van der Waals surface area contributed by atoms with Gasteiger partial charge in [0.1, 0.15) is 11.4 Å². The molecule has 49 heavy (non-hydrogen) atoms. The van der Waals surface area contributed by atoms with Gasteiger partial charge in [0.25, 0.3) is 5.91 Å². The molecule has 2 aliphatic heterocycles. The standard InChI is InChI=1S/C39H36ClN3O6/c1-47-37-20-31-33(42-22-26-5-4-13-43(26)39(31)46)21-38(37)48-14-11-27(44)16-23-8-9-35-25(15-23)19-36(49-35)34(45)18-24-17-32(41)30-7-3-2-6-29(30)28(24)10-12-40/h2-3,6-9,15,17,19-22,26H,4-5,10-14,16,18,41H2,1H3/t26-/m0/s1. The molecule has 0 saturated carbocycles. The predicted octanol–water partition coefficient (Wildman–Crippen LogP) is 7.28. The summed E-state index contributed by atoms with van der Waals surface area (Å²) in [5.41, 5.74) is 11.2. The number of nitrogen functional groups attached to an aromatic ring is 1. The lowest BCUT2D eigenvalue weighted by Gasteiger charge is -2.20. The second-order valence-electron chi connectivity index (χ2n) is 12.5. The molecular formula is C39H36ClN3O6. The van der Waals surface area contributed by atoms with Gasteiger partial charge in [-0.15, -0.1) is 11.6 Å². The van der Waals surface area contributed by atoms with Gasteiger partial charge < -0.3 is 24.5 Å². The maximum Gasteiger partial charge on any atom is 0.256 e. The van der Waals surface area contributed by atoms with Crippen molar-refractivity contribution in [2.24, 2.45) is 4.99 Å². The van der Waals surface area contributed by atoms with Crippen LogP contribution in [0.15, 0.2) is 76.1 Å². The van der Waals surface area contributed by atoms with Gasteiger partial charge in [0, 0.05) is 60.4 Å². The second-order valence-corrected chi connectivity index (χ2v) is 12.9. The topological polar surface area (TPSA) is 124 Å². The Balaban J connectivity index is 1.000. The number of amides is 1. The molecule has 1 saturated heterocycles. The Labute approximate surface area is 288 Å². The zero-order chi connectivity index (χ0) is 34.1. The molecular weight excluding hydrogens is 642 g/mol. The predicted molar refractivity (Wildman–Crippen MR) is 191 cm³/mol. The minimum absolute atomic E-state index is 0.00550. The monoisotopic (exact) mass is 677 g/mol. The fraction of sp³-hybridized carbons (Fsp3) is 0.282. The number of halogens is 1. The number of Topliss-reactive ketones (excluding diaryl/α,β-unsaturated/α-hetero) is 2. The molecule has 7 rings (SSSR count). The number of methoxy groups -OCH3 is 1. The molecule has 0 unspecified atom stereocenters. The van der Waals surface area contributed by atoms with Gasteiger partial charge in [-0.05, 0) is 71.7 Å². The van der Waals surface area contributed by atoms with Gasteiger partial charge >= 0.3 is 0 Å². The summed E-state index contributed by atoms with van der Waals surface area (Å²) in [6.07, 6.45) is 4.80. The van der Waals surface area contributed by atoms with E-state index in [2.05, 4.69) is 4.99 Å². The zero-order valence-electron chi connectivity index (χ0n) is 27.2. The van der Waals surface area contributed by atoms with Crippen molar-refractivity contribution < 1.29 is 28.3 Å². The Hall–Kier alpha value is -5.15. The number of nitrogens with two attached hydrogens (primary N) is 1. The van der Waals surface area contributed by atoms with Crippen molar-refractivity contribution in [3.63, 3.8) is 0 Å². The lowest BCUT2D eigenvalue weighted by Crippen LogP contribution is -2.35. The molecule has 2 aliphatic rings. The largest absolute Gasteiger partial charge is 0.493 e. The number of anilines is 1. The van der Waals surface area contributed by atoms with Crippen molar-refractivity contribution in [3.8, 4) is 11.5 Å². The first-order chi connectivity index (χ1) is 23.8. The molecule has 2 N–H and O–H groups in total. The third kappa shape index (κ3) is 6.50. The summed E-state index contributed by atoms with van der Waals surface area (Å²) in [7, 11) is 1.52. The van der Waals surface area contributed by atoms with E-state index in [9.17, 15) is 14.4 Å². The zero-order valence-corrected chi connectivity index (χ0v) is 27.9. The van der Waals surface area contributed by atoms with Crippen LogP contribution in [-0.4, -0.2) is 60.8 Å². The molecule has 3 heterocycles. The van der Waals surface area contributed by atoms with Crippen molar-refractivity contribution in [3.05, 3.63) is 94.7 Å². The number of carbonyl (C=O) groups excluding carboxylic acids is 3. The smallest absolute Gasteiger partial charge is 0.256 e. The molecule has 9 nitrogen and oxygen atoms in total. The number of rotatable bonds is 12. The number of aryl methyl sites for hydroxylation is 1. The van der Waals surface area contributed by atoms with Crippen LogP contribution in [0.3, 0.4) is 0 Å². The molecule has 1 aromatic heterocycles. The molecule has 4 aromatic carbocycles. The minimum Gasteiger partial charge on any atom is -0.493 e. The van der Waals surface area contributed by atoms with Crippen LogP contribution >= 0.6 is 11.6 Å². The number of hydrogen-bond acceptors (Lipinski definition) is 8. The van der Waals surface area contributed by atoms with Crippen molar-refractivity contribution >= 4 is 68.4 Å². The molecule has 5 aromatic rings. The molecule has 250 valence electrons. The number of benzene rings is 4. The van der Waals surface area contributed by atoms with Crippen LogP contribution in [0.5, 0.6) is 11.5 Å². The number of ketones is 2. The maximum absolute atomic E-state index is 13.4. The summed E-state index contributed by atoms with van der Waals surface area (Å²) < 4.78 is 17.4. The first-order valence-corrected chi connectivity index (χ1v) is 17.0. The lowest BCUT2D eigenvalue weighted by molar-refractivity contribution is -0.118. The van der Waals surface area contributed by atoms with E-state index in [1.807, 2.05) is 53.6 Å². The number of carbonyl (C=O) groups is 3. The molecule has 1 fully saturated rings. The summed E-state index contributed by atoms with van der Waals surface area (Å²) in [4.78, 5) is 45.9. The fourth-order valence-electron chi connectivity index (χ4n) is 6.88. The third-order valence-electron chi connectivity index (χ3n) is 9.33. The molecule has 0 radical (unpaired) electrons. The quantitative estimate of drug-likeness (QED) is 0.0836. The van der Waals surface area contributed by atoms with Gasteiger partial charge in [0.2, 0.25) is 5.78 Å². The Morgan fingerprint density at radius 2 is 1.88 bits per heavy atom. The van der Waals surface area contributed by atoms with Crippen molar-refractivity contribution in [2.75, 3.05) is 31.9 Å². The molecule has 0 aliphatic carbocycles. The van der Waals surface area contributed by atoms with Crippen LogP contribution in [0.25, 0.3) is 21.7 Å². The van der Waals surface area contributed by atoms with E-state index < -0.39 is 0 Å². The van der Waals surface area contributed by atoms with E-state index in [1.165, 1.54) is 7.11 Å². The van der Waals surface area contributed by atoms with Gasteiger partial charge in [-0.3, -0.25) is 19.4 Å². The van der Waals surface area contributed by atoms with Gasteiger partial charge in [-0.2, -0.15) is 0 Å². The third-order valence-corrected chi connectivity index (χ3v) is 9.52. The lowest BCUT2D eigenvalue weighted by atomic mass is 9.92. The Morgan fingerprint density at radius 3 is 2.69 bits per heavy atom. The highest BCUT2D eigenvalue weighted by molar-refractivity contribution is 6.18.